The lowest BCUT2D eigenvalue weighted by molar-refractivity contribution is -0.135. The van der Waals surface area contributed by atoms with Crippen molar-refractivity contribution < 1.29 is 19.0 Å². The second-order valence-corrected chi connectivity index (χ2v) is 6.85. The molecule has 1 aliphatic rings. The molecule has 30 heavy (non-hydrogen) atoms. The van der Waals surface area contributed by atoms with Crippen molar-refractivity contribution in [2.45, 2.75) is 18.9 Å². The van der Waals surface area contributed by atoms with Crippen LogP contribution in [0.1, 0.15) is 12.8 Å². The second kappa shape index (κ2) is 9.25. The molecule has 0 spiro atoms. The molecule has 156 valence electrons. The smallest absolute Gasteiger partial charge is 0.260 e. The molecule has 2 aromatic heterocycles. The molecule has 0 N–H and O–H groups in total. The van der Waals surface area contributed by atoms with E-state index in [0.29, 0.717) is 36.3 Å². The molecular weight excluding hydrogens is 386 g/mol. The van der Waals surface area contributed by atoms with Crippen LogP contribution in [0.3, 0.4) is 0 Å². The van der Waals surface area contributed by atoms with Crippen LogP contribution in [0.4, 0.5) is 0 Å². The zero-order valence-corrected chi connectivity index (χ0v) is 16.7. The van der Waals surface area contributed by atoms with Crippen molar-refractivity contribution in [2.24, 2.45) is 0 Å². The Balaban J connectivity index is 1.23. The Morgan fingerprint density at radius 2 is 1.93 bits per heavy atom. The fourth-order valence-corrected chi connectivity index (χ4v) is 3.22. The maximum Gasteiger partial charge on any atom is 0.260 e. The number of amides is 1. The summed E-state index contributed by atoms with van der Waals surface area (Å²) in [6, 6.07) is 12.6. The van der Waals surface area contributed by atoms with E-state index in [2.05, 4.69) is 15.3 Å². The number of aromatic nitrogens is 4. The van der Waals surface area contributed by atoms with Gasteiger partial charge in [-0.3, -0.25) is 4.79 Å². The van der Waals surface area contributed by atoms with Gasteiger partial charge in [0.2, 0.25) is 5.88 Å². The first-order valence-corrected chi connectivity index (χ1v) is 9.76. The van der Waals surface area contributed by atoms with Crippen molar-refractivity contribution in [1.29, 1.82) is 0 Å². The van der Waals surface area contributed by atoms with Crippen LogP contribution < -0.4 is 14.2 Å². The molecule has 4 rings (SSSR count). The lowest BCUT2D eigenvalue weighted by Gasteiger charge is -2.31. The number of rotatable bonds is 7. The van der Waals surface area contributed by atoms with Gasteiger partial charge in [0, 0.05) is 50.5 Å². The minimum Gasteiger partial charge on any atom is -0.497 e. The quantitative estimate of drug-likeness (QED) is 0.590. The minimum absolute atomic E-state index is 0.000935. The van der Waals surface area contributed by atoms with Crippen LogP contribution in [0, 0.1) is 0 Å². The summed E-state index contributed by atoms with van der Waals surface area (Å²) in [6.07, 6.45) is 4.94. The van der Waals surface area contributed by atoms with E-state index in [1.54, 1.807) is 47.3 Å². The number of benzene rings is 1. The molecule has 3 aromatic rings. The van der Waals surface area contributed by atoms with Crippen LogP contribution in [-0.4, -0.2) is 63.7 Å². The molecule has 1 aliphatic heterocycles. The van der Waals surface area contributed by atoms with E-state index in [1.165, 1.54) is 0 Å². The third-order valence-electron chi connectivity index (χ3n) is 4.85. The van der Waals surface area contributed by atoms with Crippen LogP contribution >= 0.6 is 0 Å². The number of piperidine rings is 1. The second-order valence-electron chi connectivity index (χ2n) is 6.85. The molecule has 0 bridgehead atoms. The third-order valence-corrected chi connectivity index (χ3v) is 4.85. The highest BCUT2D eigenvalue weighted by Gasteiger charge is 2.24. The summed E-state index contributed by atoms with van der Waals surface area (Å²) < 4.78 is 18.3. The van der Waals surface area contributed by atoms with E-state index in [9.17, 15) is 4.79 Å². The molecule has 0 atom stereocenters. The van der Waals surface area contributed by atoms with E-state index >= 15 is 0 Å². The van der Waals surface area contributed by atoms with Gasteiger partial charge in [0.15, 0.2) is 12.4 Å². The van der Waals surface area contributed by atoms with Gasteiger partial charge in [0.1, 0.15) is 17.6 Å². The number of nitrogens with zero attached hydrogens (tertiary/aromatic N) is 5. The number of hydrogen-bond acceptors (Lipinski definition) is 7. The highest BCUT2D eigenvalue weighted by Crippen LogP contribution is 2.20. The van der Waals surface area contributed by atoms with Crippen molar-refractivity contribution >= 4 is 5.91 Å². The van der Waals surface area contributed by atoms with Gasteiger partial charge in [-0.05, 0) is 24.3 Å². The van der Waals surface area contributed by atoms with Crippen LogP contribution in [0.5, 0.6) is 17.4 Å². The number of ether oxygens (including phenoxy) is 3. The fraction of sp³-hybridized carbons (Fsp3) is 0.333. The first-order valence-electron chi connectivity index (χ1n) is 9.76. The van der Waals surface area contributed by atoms with E-state index in [0.717, 1.165) is 12.8 Å². The molecule has 0 saturated carbocycles. The SMILES string of the molecule is COc1cccc(OCC(=O)N2CCC(Oc3ccc(-n4cccn4)nn3)CC2)c1. The van der Waals surface area contributed by atoms with Gasteiger partial charge in [-0.1, -0.05) is 6.07 Å². The van der Waals surface area contributed by atoms with Crippen molar-refractivity contribution in [1.82, 2.24) is 24.9 Å². The highest BCUT2D eigenvalue weighted by atomic mass is 16.5. The molecule has 1 fully saturated rings. The number of hydrogen-bond donors (Lipinski definition) is 0. The largest absolute Gasteiger partial charge is 0.497 e. The zero-order valence-electron chi connectivity index (χ0n) is 16.7. The topological polar surface area (TPSA) is 91.6 Å². The van der Waals surface area contributed by atoms with Gasteiger partial charge in [0.25, 0.3) is 5.91 Å². The van der Waals surface area contributed by atoms with Gasteiger partial charge in [-0.2, -0.15) is 5.10 Å². The number of carbonyl (C=O) groups excluding carboxylic acids is 1. The first-order chi connectivity index (χ1) is 14.7. The lowest BCUT2D eigenvalue weighted by Crippen LogP contribution is -2.43. The summed E-state index contributed by atoms with van der Waals surface area (Å²) in [4.78, 5) is 14.2. The summed E-state index contributed by atoms with van der Waals surface area (Å²) in [5, 5.41) is 12.4. The predicted octanol–water partition coefficient (Wildman–Crippen LogP) is 2.12. The maximum atomic E-state index is 12.4. The number of likely N-dealkylation sites (tertiary alicyclic amines) is 1. The van der Waals surface area contributed by atoms with Crippen molar-refractivity contribution in [3.63, 3.8) is 0 Å². The maximum absolute atomic E-state index is 12.4. The van der Waals surface area contributed by atoms with Crippen molar-refractivity contribution in [3.8, 4) is 23.2 Å². The monoisotopic (exact) mass is 409 g/mol. The Bertz CT molecular complexity index is 954. The average molecular weight is 409 g/mol. The van der Waals surface area contributed by atoms with Gasteiger partial charge in [0.05, 0.1) is 7.11 Å². The standard InChI is InChI=1S/C21H23N5O4/c1-28-17-4-2-5-18(14-17)29-15-21(27)25-12-8-16(9-13-25)30-20-7-6-19(23-24-20)26-11-3-10-22-26/h2-7,10-11,14,16H,8-9,12-13,15H2,1H3. The molecule has 1 amide bonds. The van der Waals surface area contributed by atoms with E-state index < -0.39 is 0 Å². The Kier molecular flexibility index (Phi) is 6.07. The highest BCUT2D eigenvalue weighted by molar-refractivity contribution is 5.77. The lowest BCUT2D eigenvalue weighted by atomic mass is 10.1. The molecule has 1 saturated heterocycles. The molecule has 3 heterocycles. The predicted molar refractivity (Wildman–Crippen MR) is 108 cm³/mol. The zero-order chi connectivity index (χ0) is 20.8. The van der Waals surface area contributed by atoms with Crippen LogP contribution in [-0.2, 0) is 4.79 Å². The Hall–Kier alpha value is -3.62. The van der Waals surface area contributed by atoms with Gasteiger partial charge in [-0.15, -0.1) is 10.2 Å². The molecule has 9 nitrogen and oxygen atoms in total. The van der Waals surface area contributed by atoms with Gasteiger partial charge < -0.3 is 19.1 Å². The summed E-state index contributed by atoms with van der Waals surface area (Å²) in [6.45, 7) is 1.23. The van der Waals surface area contributed by atoms with Crippen LogP contribution in [0.2, 0.25) is 0 Å². The van der Waals surface area contributed by atoms with Crippen LogP contribution in [0.25, 0.3) is 5.82 Å². The third kappa shape index (κ3) is 4.86. The van der Waals surface area contributed by atoms with Crippen LogP contribution in [0.15, 0.2) is 54.9 Å². The number of methoxy groups -OCH3 is 1. The summed E-state index contributed by atoms with van der Waals surface area (Å²) in [5.74, 6) is 2.36. The molecule has 0 unspecified atom stereocenters. The Labute approximate surface area is 174 Å². The van der Waals surface area contributed by atoms with E-state index in [1.807, 2.05) is 24.3 Å². The van der Waals surface area contributed by atoms with E-state index in [4.69, 9.17) is 14.2 Å². The summed E-state index contributed by atoms with van der Waals surface area (Å²) >= 11 is 0. The first kappa shape index (κ1) is 19.7. The molecular formula is C21H23N5O4. The molecule has 0 aliphatic carbocycles. The van der Waals surface area contributed by atoms with Crippen molar-refractivity contribution in [2.75, 3.05) is 26.8 Å². The average Bonchev–Trinajstić information content (AvgIpc) is 3.34. The molecule has 0 radical (unpaired) electrons. The van der Waals surface area contributed by atoms with Crippen molar-refractivity contribution in [3.05, 3.63) is 54.9 Å². The van der Waals surface area contributed by atoms with Gasteiger partial charge >= 0.3 is 0 Å². The van der Waals surface area contributed by atoms with E-state index in [-0.39, 0.29) is 18.6 Å². The normalized spacial score (nSPS) is 14.4. The summed E-state index contributed by atoms with van der Waals surface area (Å²) in [7, 11) is 1.59. The Morgan fingerprint density at radius 3 is 2.63 bits per heavy atom. The molecule has 9 heteroatoms. The summed E-state index contributed by atoms with van der Waals surface area (Å²) in [5.41, 5.74) is 0. The minimum atomic E-state index is -0.0420. The number of carbonyl (C=O) groups is 1. The van der Waals surface area contributed by atoms with Gasteiger partial charge in [-0.25, -0.2) is 4.68 Å². The fourth-order valence-electron chi connectivity index (χ4n) is 3.22. The Morgan fingerprint density at radius 1 is 1.10 bits per heavy atom. The molecule has 1 aromatic carbocycles.